The van der Waals surface area contributed by atoms with Gasteiger partial charge in [0.2, 0.25) is 0 Å². The number of methoxy groups -OCH3 is 1. The molecule has 1 heterocycles. The van der Waals surface area contributed by atoms with Crippen molar-refractivity contribution >= 4 is 35.2 Å². The number of aromatic hydroxyl groups is 1. The third-order valence-corrected chi connectivity index (χ3v) is 2.66. The first-order valence-corrected chi connectivity index (χ1v) is 5.67. The van der Waals surface area contributed by atoms with Gasteiger partial charge in [-0.15, -0.1) is 0 Å². The maximum absolute atomic E-state index is 11.6. The van der Waals surface area contributed by atoms with Gasteiger partial charge in [0.05, 0.1) is 7.11 Å². The molecule has 2 amide bonds. The van der Waals surface area contributed by atoms with Crippen LogP contribution < -0.4 is 15.4 Å². The predicted octanol–water partition coefficient (Wildman–Crippen LogP) is 0.315. The molecular weight excluding hydrogens is 268 g/mol. The average molecular weight is 278 g/mol. The molecule has 1 aliphatic heterocycles. The summed E-state index contributed by atoms with van der Waals surface area (Å²) in [5, 5.41) is 14.2. The zero-order valence-electron chi connectivity index (χ0n) is 9.89. The first-order chi connectivity index (χ1) is 9.01. The van der Waals surface area contributed by atoms with E-state index in [1.54, 1.807) is 6.07 Å². The van der Waals surface area contributed by atoms with Gasteiger partial charge in [-0.05, 0) is 36.0 Å². The highest BCUT2D eigenvalue weighted by molar-refractivity contribution is 7.80. The normalized spacial score (nSPS) is 14.8. The molecule has 0 spiro atoms. The summed E-state index contributed by atoms with van der Waals surface area (Å²) >= 11 is 4.68. The number of rotatable bonds is 2. The minimum absolute atomic E-state index is 0.0234. The van der Waals surface area contributed by atoms with Gasteiger partial charge in [0.15, 0.2) is 16.6 Å². The molecule has 0 unspecified atom stereocenters. The monoisotopic (exact) mass is 278 g/mol. The molecule has 7 heteroatoms. The third kappa shape index (κ3) is 2.71. The maximum Gasteiger partial charge on any atom is 0.263 e. The van der Waals surface area contributed by atoms with Crippen molar-refractivity contribution in [2.75, 3.05) is 7.11 Å². The lowest BCUT2D eigenvalue weighted by atomic mass is 10.1. The van der Waals surface area contributed by atoms with Gasteiger partial charge in [-0.1, -0.05) is 6.07 Å². The Morgan fingerprint density at radius 2 is 1.89 bits per heavy atom. The predicted molar refractivity (Wildman–Crippen MR) is 71.5 cm³/mol. The van der Waals surface area contributed by atoms with E-state index in [1.807, 2.05) is 0 Å². The Labute approximate surface area is 114 Å². The SMILES string of the molecule is COc1ccc(C=C2C(=O)NC(=S)NC2=O)cc1O. The lowest BCUT2D eigenvalue weighted by molar-refractivity contribution is -0.123. The first-order valence-electron chi connectivity index (χ1n) is 5.26. The average Bonchev–Trinajstić information content (AvgIpc) is 2.34. The zero-order chi connectivity index (χ0) is 14.0. The minimum Gasteiger partial charge on any atom is -0.504 e. The quantitative estimate of drug-likeness (QED) is 0.412. The summed E-state index contributed by atoms with van der Waals surface area (Å²) < 4.78 is 4.90. The fourth-order valence-electron chi connectivity index (χ4n) is 1.57. The van der Waals surface area contributed by atoms with E-state index in [1.165, 1.54) is 25.3 Å². The molecule has 2 rings (SSSR count). The van der Waals surface area contributed by atoms with E-state index < -0.39 is 11.8 Å². The molecule has 1 aliphatic rings. The van der Waals surface area contributed by atoms with Gasteiger partial charge in [-0.3, -0.25) is 20.2 Å². The number of carbonyl (C=O) groups is 2. The topological polar surface area (TPSA) is 87.7 Å². The van der Waals surface area contributed by atoms with Crippen LogP contribution in [0.3, 0.4) is 0 Å². The van der Waals surface area contributed by atoms with Gasteiger partial charge in [0, 0.05) is 0 Å². The fourth-order valence-corrected chi connectivity index (χ4v) is 1.76. The van der Waals surface area contributed by atoms with Gasteiger partial charge >= 0.3 is 0 Å². The Balaban J connectivity index is 2.35. The number of amides is 2. The second-order valence-corrected chi connectivity index (χ2v) is 4.13. The van der Waals surface area contributed by atoms with Gasteiger partial charge in [-0.25, -0.2) is 0 Å². The van der Waals surface area contributed by atoms with Crippen molar-refractivity contribution in [2.45, 2.75) is 0 Å². The van der Waals surface area contributed by atoms with Crippen LogP contribution in [0.25, 0.3) is 6.08 Å². The number of thiocarbonyl (C=S) groups is 1. The van der Waals surface area contributed by atoms with Crippen molar-refractivity contribution in [2.24, 2.45) is 0 Å². The van der Waals surface area contributed by atoms with Crippen LogP contribution in [0.1, 0.15) is 5.56 Å². The Kier molecular flexibility index (Phi) is 3.48. The van der Waals surface area contributed by atoms with Crippen LogP contribution in [0.4, 0.5) is 0 Å². The molecule has 1 saturated heterocycles. The van der Waals surface area contributed by atoms with Crippen molar-refractivity contribution in [3.63, 3.8) is 0 Å². The molecule has 0 bridgehead atoms. The van der Waals surface area contributed by atoms with Gasteiger partial charge in [0.1, 0.15) is 5.57 Å². The van der Waals surface area contributed by atoms with Crippen LogP contribution in [0, 0.1) is 0 Å². The number of nitrogens with one attached hydrogen (secondary N) is 2. The van der Waals surface area contributed by atoms with Crippen molar-refractivity contribution < 1.29 is 19.4 Å². The van der Waals surface area contributed by atoms with Gasteiger partial charge < -0.3 is 9.84 Å². The van der Waals surface area contributed by atoms with Crippen molar-refractivity contribution in [1.82, 2.24) is 10.6 Å². The molecule has 0 aromatic heterocycles. The Hall–Kier alpha value is -2.41. The van der Waals surface area contributed by atoms with Crippen LogP contribution in [0.5, 0.6) is 11.5 Å². The summed E-state index contributed by atoms with van der Waals surface area (Å²) in [5.74, 6) is -0.932. The number of phenols is 1. The molecule has 6 nitrogen and oxygen atoms in total. The summed E-state index contributed by atoms with van der Waals surface area (Å²) in [5.41, 5.74) is 0.407. The number of benzene rings is 1. The number of hydrogen-bond donors (Lipinski definition) is 3. The molecule has 0 radical (unpaired) electrons. The molecule has 98 valence electrons. The second kappa shape index (κ2) is 5.07. The second-order valence-electron chi connectivity index (χ2n) is 3.73. The van der Waals surface area contributed by atoms with Crippen LogP contribution in [0.2, 0.25) is 0 Å². The molecule has 1 aromatic rings. The van der Waals surface area contributed by atoms with Crippen molar-refractivity contribution in [1.29, 1.82) is 0 Å². The maximum atomic E-state index is 11.6. The highest BCUT2D eigenvalue weighted by Crippen LogP contribution is 2.27. The molecule has 0 atom stereocenters. The number of hydrogen-bond acceptors (Lipinski definition) is 5. The van der Waals surface area contributed by atoms with Gasteiger partial charge in [0.25, 0.3) is 11.8 Å². The number of carbonyl (C=O) groups excluding carboxylic acids is 2. The molecule has 1 fully saturated rings. The van der Waals surface area contributed by atoms with Crippen LogP contribution in [0.15, 0.2) is 23.8 Å². The van der Waals surface area contributed by atoms with E-state index in [-0.39, 0.29) is 16.4 Å². The summed E-state index contributed by atoms with van der Waals surface area (Å²) in [6, 6.07) is 4.53. The molecule has 0 saturated carbocycles. The first kappa shape index (κ1) is 13.0. The fraction of sp³-hybridized carbons (Fsp3) is 0.0833. The van der Waals surface area contributed by atoms with E-state index in [9.17, 15) is 14.7 Å². The van der Waals surface area contributed by atoms with Crippen LogP contribution >= 0.6 is 12.2 Å². The Morgan fingerprint density at radius 1 is 1.26 bits per heavy atom. The smallest absolute Gasteiger partial charge is 0.263 e. The van der Waals surface area contributed by atoms with Crippen molar-refractivity contribution in [3.8, 4) is 11.5 Å². The standard InChI is InChI=1S/C12H10N2O4S/c1-18-9-3-2-6(5-8(9)15)4-7-10(16)13-12(19)14-11(7)17/h2-5,15H,1H3,(H2,13,14,16,17,19). The number of ether oxygens (including phenoxy) is 1. The molecule has 19 heavy (non-hydrogen) atoms. The van der Waals surface area contributed by atoms with E-state index in [4.69, 9.17) is 4.74 Å². The number of phenolic OH excluding ortho intramolecular Hbond substituents is 1. The third-order valence-electron chi connectivity index (χ3n) is 2.46. The largest absolute Gasteiger partial charge is 0.504 e. The summed E-state index contributed by atoms with van der Waals surface area (Å²) in [4.78, 5) is 23.2. The Morgan fingerprint density at radius 3 is 2.42 bits per heavy atom. The lowest BCUT2D eigenvalue weighted by Gasteiger charge is -2.16. The molecular formula is C12H10N2O4S. The minimum atomic E-state index is -0.580. The van der Waals surface area contributed by atoms with Gasteiger partial charge in [-0.2, -0.15) is 0 Å². The zero-order valence-corrected chi connectivity index (χ0v) is 10.7. The highest BCUT2D eigenvalue weighted by Gasteiger charge is 2.25. The molecule has 0 aliphatic carbocycles. The van der Waals surface area contributed by atoms with E-state index in [0.717, 1.165) is 0 Å². The van der Waals surface area contributed by atoms with E-state index in [2.05, 4.69) is 22.9 Å². The Bertz CT molecular complexity index is 588. The van der Waals surface area contributed by atoms with Crippen LogP contribution in [-0.2, 0) is 9.59 Å². The highest BCUT2D eigenvalue weighted by atomic mass is 32.1. The van der Waals surface area contributed by atoms with Crippen LogP contribution in [-0.4, -0.2) is 29.1 Å². The summed E-state index contributed by atoms with van der Waals surface area (Å²) in [7, 11) is 1.43. The summed E-state index contributed by atoms with van der Waals surface area (Å²) in [6.07, 6.45) is 1.35. The lowest BCUT2D eigenvalue weighted by Crippen LogP contribution is -2.51. The van der Waals surface area contributed by atoms with Crippen molar-refractivity contribution in [3.05, 3.63) is 29.3 Å². The van der Waals surface area contributed by atoms with E-state index >= 15 is 0 Å². The molecule has 1 aromatic carbocycles. The van der Waals surface area contributed by atoms with E-state index in [0.29, 0.717) is 11.3 Å². The molecule has 3 N–H and O–H groups in total. The summed E-state index contributed by atoms with van der Waals surface area (Å²) in [6.45, 7) is 0.